The van der Waals surface area contributed by atoms with Crippen LogP contribution in [0.1, 0.15) is 11.1 Å². The van der Waals surface area contributed by atoms with Gasteiger partial charge in [-0.15, -0.1) is 0 Å². The van der Waals surface area contributed by atoms with Gasteiger partial charge in [0, 0.05) is 4.47 Å². The maximum absolute atomic E-state index is 13.2. The predicted octanol–water partition coefficient (Wildman–Crippen LogP) is 2.61. The van der Waals surface area contributed by atoms with Crippen LogP contribution < -0.4 is 0 Å². The van der Waals surface area contributed by atoms with Crippen molar-refractivity contribution < 1.29 is 13.9 Å². The van der Waals surface area contributed by atoms with Crippen LogP contribution in [0.25, 0.3) is 0 Å². The second-order valence-corrected chi connectivity index (χ2v) is 3.84. The summed E-state index contributed by atoms with van der Waals surface area (Å²) in [5, 5.41) is 0. The molecule has 0 bridgehead atoms. The molecule has 1 rings (SSSR count). The molecule has 0 aliphatic rings. The van der Waals surface area contributed by atoms with Crippen molar-refractivity contribution >= 4 is 21.9 Å². The van der Waals surface area contributed by atoms with Crippen molar-refractivity contribution in [3.05, 3.63) is 33.5 Å². The Balaban J connectivity index is 3.02. The predicted molar refractivity (Wildman–Crippen MR) is 54.6 cm³/mol. The van der Waals surface area contributed by atoms with E-state index in [2.05, 4.69) is 20.7 Å². The first kappa shape index (κ1) is 11.2. The number of halogens is 2. The van der Waals surface area contributed by atoms with Crippen molar-refractivity contribution in [3.8, 4) is 0 Å². The second kappa shape index (κ2) is 4.55. The van der Waals surface area contributed by atoms with Crippen molar-refractivity contribution in [2.75, 3.05) is 7.11 Å². The van der Waals surface area contributed by atoms with E-state index in [0.717, 1.165) is 0 Å². The molecule has 0 fully saturated rings. The van der Waals surface area contributed by atoms with Crippen LogP contribution in [0, 0.1) is 12.7 Å². The molecular formula is C10H10BrFO2. The van der Waals surface area contributed by atoms with Gasteiger partial charge in [-0.3, -0.25) is 4.79 Å². The fraction of sp³-hybridized carbons (Fsp3) is 0.300. The van der Waals surface area contributed by atoms with Crippen LogP contribution >= 0.6 is 15.9 Å². The van der Waals surface area contributed by atoms with Crippen molar-refractivity contribution in [1.82, 2.24) is 0 Å². The molecule has 76 valence electrons. The van der Waals surface area contributed by atoms with E-state index >= 15 is 0 Å². The summed E-state index contributed by atoms with van der Waals surface area (Å²) in [7, 11) is 1.31. The van der Waals surface area contributed by atoms with Crippen molar-refractivity contribution in [2.45, 2.75) is 13.3 Å². The summed E-state index contributed by atoms with van der Waals surface area (Å²) < 4.78 is 18.3. The molecule has 0 aliphatic heterocycles. The van der Waals surface area contributed by atoms with Gasteiger partial charge in [-0.05, 0) is 30.2 Å². The summed E-state index contributed by atoms with van der Waals surface area (Å²) >= 11 is 3.17. The minimum absolute atomic E-state index is 0.0959. The zero-order chi connectivity index (χ0) is 10.7. The van der Waals surface area contributed by atoms with Crippen LogP contribution in [0.2, 0.25) is 0 Å². The normalized spacial score (nSPS) is 10.0. The number of hydrogen-bond donors (Lipinski definition) is 0. The largest absolute Gasteiger partial charge is 0.469 e. The molecule has 14 heavy (non-hydrogen) atoms. The van der Waals surface area contributed by atoms with E-state index in [0.29, 0.717) is 15.6 Å². The molecule has 2 nitrogen and oxygen atoms in total. The Kier molecular flexibility index (Phi) is 3.63. The first-order chi connectivity index (χ1) is 6.54. The monoisotopic (exact) mass is 260 g/mol. The maximum Gasteiger partial charge on any atom is 0.309 e. The smallest absolute Gasteiger partial charge is 0.309 e. The summed E-state index contributed by atoms with van der Waals surface area (Å²) in [6, 6.07) is 3.09. The van der Waals surface area contributed by atoms with Gasteiger partial charge in [0.05, 0.1) is 13.5 Å². The summed E-state index contributed by atoms with van der Waals surface area (Å²) in [5.74, 6) is -0.691. The summed E-state index contributed by atoms with van der Waals surface area (Å²) in [5.41, 5.74) is 1.13. The molecule has 4 heteroatoms. The van der Waals surface area contributed by atoms with Crippen molar-refractivity contribution in [3.63, 3.8) is 0 Å². The minimum atomic E-state index is -0.370. The van der Waals surface area contributed by atoms with Gasteiger partial charge in [-0.2, -0.15) is 0 Å². The third-order valence-corrected chi connectivity index (χ3v) is 2.44. The van der Waals surface area contributed by atoms with Gasteiger partial charge < -0.3 is 4.74 Å². The Bertz CT molecular complexity index is 363. The van der Waals surface area contributed by atoms with Gasteiger partial charge in [0.2, 0.25) is 0 Å². The third-order valence-electron chi connectivity index (χ3n) is 1.98. The highest BCUT2D eigenvalue weighted by molar-refractivity contribution is 9.10. The van der Waals surface area contributed by atoms with Crippen LogP contribution in [0.3, 0.4) is 0 Å². The molecule has 0 saturated carbocycles. The first-order valence-electron chi connectivity index (χ1n) is 4.06. The van der Waals surface area contributed by atoms with E-state index in [1.165, 1.54) is 13.2 Å². The lowest BCUT2D eigenvalue weighted by atomic mass is 10.1. The van der Waals surface area contributed by atoms with E-state index in [9.17, 15) is 9.18 Å². The Morgan fingerprint density at radius 2 is 2.21 bits per heavy atom. The number of carbonyl (C=O) groups excluding carboxylic acids is 1. The molecule has 0 radical (unpaired) electrons. The standard InChI is InChI=1S/C10H10BrFO2/c1-6-7(4-10(13)14-2)3-8(11)5-9(6)12/h3,5H,4H2,1-2H3. The third kappa shape index (κ3) is 2.54. The molecule has 0 saturated heterocycles. The lowest BCUT2D eigenvalue weighted by Crippen LogP contribution is -2.06. The molecule has 0 atom stereocenters. The zero-order valence-corrected chi connectivity index (χ0v) is 9.52. The van der Waals surface area contributed by atoms with Gasteiger partial charge in [-0.25, -0.2) is 4.39 Å². The van der Waals surface area contributed by atoms with E-state index in [-0.39, 0.29) is 18.2 Å². The van der Waals surface area contributed by atoms with Crippen LogP contribution in [-0.4, -0.2) is 13.1 Å². The van der Waals surface area contributed by atoms with Crippen LogP contribution in [0.5, 0.6) is 0 Å². The summed E-state index contributed by atoms with van der Waals surface area (Å²) in [4.78, 5) is 11.0. The Morgan fingerprint density at radius 3 is 2.79 bits per heavy atom. The average Bonchev–Trinajstić information content (AvgIpc) is 2.13. The molecule has 0 aliphatic carbocycles. The SMILES string of the molecule is COC(=O)Cc1cc(Br)cc(F)c1C. The highest BCUT2D eigenvalue weighted by Gasteiger charge is 2.10. The molecule has 1 aromatic rings. The van der Waals surface area contributed by atoms with Gasteiger partial charge in [0.15, 0.2) is 0 Å². The number of carbonyl (C=O) groups is 1. The molecular weight excluding hydrogens is 251 g/mol. The molecule has 0 amide bonds. The Labute approximate surface area is 90.2 Å². The average molecular weight is 261 g/mol. The quantitative estimate of drug-likeness (QED) is 0.765. The van der Waals surface area contributed by atoms with Gasteiger partial charge in [0.1, 0.15) is 5.82 Å². The van der Waals surface area contributed by atoms with Gasteiger partial charge in [0.25, 0.3) is 0 Å². The summed E-state index contributed by atoms with van der Waals surface area (Å²) in [6.07, 6.45) is 0.0959. The van der Waals surface area contributed by atoms with Gasteiger partial charge >= 0.3 is 5.97 Å². The molecule has 0 spiro atoms. The highest BCUT2D eigenvalue weighted by atomic mass is 79.9. The lowest BCUT2D eigenvalue weighted by Gasteiger charge is -2.06. The fourth-order valence-electron chi connectivity index (χ4n) is 1.11. The Hall–Kier alpha value is -0.900. The van der Waals surface area contributed by atoms with Crippen LogP contribution in [-0.2, 0) is 16.0 Å². The van der Waals surface area contributed by atoms with Gasteiger partial charge in [-0.1, -0.05) is 15.9 Å². The number of methoxy groups -OCH3 is 1. The topological polar surface area (TPSA) is 26.3 Å². The Morgan fingerprint density at radius 1 is 1.57 bits per heavy atom. The van der Waals surface area contributed by atoms with Crippen LogP contribution in [0.15, 0.2) is 16.6 Å². The molecule has 0 aromatic heterocycles. The second-order valence-electron chi connectivity index (χ2n) is 2.92. The minimum Gasteiger partial charge on any atom is -0.469 e. The van der Waals surface area contributed by atoms with E-state index in [1.54, 1.807) is 13.0 Å². The lowest BCUT2D eigenvalue weighted by molar-refractivity contribution is -0.139. The molecule has 1 aromatic carbocycles. The zero-order valence-electron chi connectivity index (χ0n) is 7.93. The molecule has 0 heterocycles. The molecule has 0 unspecified atom stereocenters. The highest BCUT2D eigenvalue weighted by Crippen LogP contribution is 2.20. The van der Waals surface area contributed by atoms with Crippen molar-refractivity contribution in [2.24, 2.45) is 0 Å². The van der Waals surface area contributed by atoms with E-state index < -0.39 is 0 Å². The number of ether oxygens (including phenoxy) is 1. The van der Waals surface area contributed by atoms with E-state index in [1.807, 2.05) is 0 Å². The summed E-state index contributed by atoms with van der Waals surface area (Å²) in [6.45, 7) is 1.64. The number of hydrogen-bond acceptors (Lipinski definition) is 2. The number of rotatable bonds is 2. The maximum atomic E-state index is 13.2. The first-order valence-corrected chi connectivity index (χ1v) is 4.85. The van der Waals surface area contributed by atoms with E-state index in [4.69, 9.17) is 0 Å². The van der Waals surface area contributed by atoms with Crippen molar-refractivity contribution in [1.29, 1.82) is 0 Å². The van der Waals surface area contributed by atoms with Crippen LogP contribution in [0.4, 0.5) is 4.39 Å². The number of esters is 1. The number of benzene rings is 1. The fourth-order valence-corrected chi connectivity index (χ4v) is 1.59. The molecule has 0 N–H and O–H groups in total.